The number of nitrogens with zero attached hydrogens (tertiary/aromatic N) is 3. The summed E-state index contributed by atoms with van der Waals surface area (Å²) in [5.74, 6) is 0.744. The summed E-state index contributed by atoms with van der Waals surface area (Å²) in [6, 6.07) is 49.8. The first-order valence-corrected chi connectivity index (χ1v) is 14.0. The van der Waals surface area contributed by atoms with Gasteiger partial charge in [-0.05, 0) is 17.5 Å². The van der Waals surface area contributed by atoms with Crippen molar-refractivity contribution < 1.29 is 52.8 Å². The van der Waals surface area contributed by atoms with Gasteiger partial charge in [0.25, 0.3) is 0 Å². The zero-order chi connectivity index (χ0) is 28.9. The molecule has 0 unspecified atom stereocenters. The summed E-state index contributed by atoms with van der Waals surface area (Å²) in [5, 5.41) is 4.93. The van der Waals surface area contributed by atoms with E-state index < -0.39 is 0 Å². The van der Waals surface area contributed by atoms with Crippen molar-refractivity contribution in [1.29, 1.82) is 0 Å². The second-order valence-corrected chi connectivity index (χ2v) is 11.0. The van der Waals surface area contributed by atoms with Crippen LogP contribution < -0.4 is 0 Å². The van der Waals surface area contributed by atoms with Crippen molar-refractivity contribution in [2.45, 2.75) is 26.2 Å². The van der Waals surface area contributed by atoms with Crippen LogP contribution in [0.15, 0.2) is 122 Å². The number of fused-ring (bicyclic) bond motifs is 3. The molecular weight excluding hydrogens is 802 g/mol. The number of hydrogen-bond acceptors (Lipinski definition) is 3. The van der Waals surface area contributed by atoms with E-state index in [9.17, 15) is 0 Å². The van der Waals surface area contributed by atoms with Gasteiger partial charge in [0.2, 0.25) is 0 Å². The molecule has 0 aliphatic carbocycles. The molecule has 0 bridgehead atoms. The van der Waals surface area contributed by atoms with Crippen LogP contribution in [0.2, 0.25) is 0 Å². The molecule has 0 atom stereocenters. The Hall–Kier alpha value is -3.33. The van der Waals surface area contributed by atoms with Gasteiger partial charge in [0.15, 0.2) is 0 Å². The Morgan fingerprint density at radius 2 is 1.40 bits per heavy atom. The number of pyridine rings is 1. The topological polar surface area (TPSA) is 38.7 Å². The summed E-state index contributed by atoms with van der Waals surface area (Å²) in [6.45, 7) is 6.44. The van der Waals surface area contributed by atoms with Crippen LogP contribution in [0.25, 0.3) is 55.3 Å². The zero-order valence-corrected chi connectivity index (χ0v) is 30.6. The normalized spacial score (nSPS) is 10.5. The van der Waals surface area contributed by atoms with Crippen LogP contribution in [0.3, 0.4) is 0 Å². The Balaban J connectivity index is 0.000000254. The minimum atomic E-state index is 0. The quantitative estimate of drug-likeness (QED) is 0.102. The summed E-state index contributed by atoms with van der Waals surface area (Å²) in [5.41, 5.74) is 5.81. The molecule has 0 spiro atoms. The molecule has 219 valence electrons. The average Bonchev–Trinajstić information content (AvgIpc) is 3.05. The Bertz CT molecular complexity index is 1980. The van der Waals surface area contributed by atoms with E-state index in [1.54, 1.807) is 6.20 Å². The SMILES string of the molecule is CC(C)(C)c1ccnc(-c2[c-]cccc2)n1.[B].[Ir].[Y].[c-]1ccc(-c2[c-]cc3c(ccc4ccccc43)c2)[c-]c1-c1ccccn1. The second-order valence-electron chi connectivity index (χ2n) is 11.0. The van der Waals surface area contributed by atoms with Crippen LogP contribution in [-0.2, 0) is 58.2 Å². The fraction of sp³-hybridized carbons (Fsp3) is 0.103. The van der Waals surface area contributed by atoms with Crippen molar-refractivity contribution in [3.63, 3.8) is 0 Å². The van der Waals surface area contributed by atoms with Crippen molar-refractivity contribution >= 4 is 30.0 Å². The summed E-state index contributed by atoms with van der Waals surface area (Å²) in [7, 11) is 0. The van der Waals surface area contributed by atoms with E-state index in [1.165, 1.54) is 21.5 Å². The third-order valence-corrected chi connectivity index (χ3v) is 7.00. The molecule has 3 nitrogen and oxygen atoms in total. The second kappa shape index (κ2) is 16.3. The molecule has 0 aliphatic heterocycles. The molecule has 0 aliphatic rings. The maximum absolute atomic E-state index is 4.57. The van der Waals surface area contributed by atoms with E-state index >= 15 is 0 Å². The molecule has 7 rings (SSSR count). The third kappa shape index (κ3) is 8.69. The first kappa shape index (κ1) is 36.1. The molecule has 0 fully saturated rings. The average molecular weight is 832 g/mol. The van der Waals surface area contributed by atoms with E-state index in [1.807, 2.05) is 66.9 Å². The molecule has 0 saturated carbocycles. The molecule has 0 N–H and O–H groups in total. The molecule has 2 aromatic heterocycles. The Morgan fingerprint density at radius 3 is 2.16 bits per heavy atom. The standard InChI is InChI=1S/C25H14N.C14H15N2.B.Ir.Y/c1-2-9-23-18(6-1)11-12-21-16-20(13-14-24(21)23)19-7-5-8-22(17-19)25-10-3-4-15-26-25;1-14(2,3)12-9-10-15-13(16-12)11-7-5-4-6-8-11;;;/h1-7,9-12,14-16H;4-7,9-10H,1-3H3;;;/q-3;-1;;;. The summed E-state index contributed by atoms with van der Waals surface area (Å²) >= 11 is 0. The summed E-state index contributed by atoms with van der Waals surface area (Å²) < 4.78 is 0. The summed E-state index contributed by atoms with van der Waals surface area (Å²) in [6.07, 6.45) is 3.60. The van der Waals surface area contributed by atoms with Gasteiger partial charge in [-0.15, -0.1) is 65.5 Å². The fourth-order valence-corrected chi connectivity index (χ4v) is 4.77. The number of aromatic nitrogens is 3. The van der Waals surface area contributed by atoms with Gasteiger partial charge in [-0.1, -0.05) is 79.7 Å². The molecule has 7 aromatic rings. The van der Waals surface area contributed by atoms with Crippen molar-refractivity contribution in [2.24, 2.45) is 0 Å². The minimum Gasteiger partial charge on any atom is -0.352 e. The molecular formula is C39H29BIrN3Y-4. The first-order chi connectivity index (χ1) is 20.5. The summed E-state index contributed by atoms with van der Waals surface area (Å²) in [4.78, 5) is 13.2. The number of rotatable bonds is 3. The van der Waals surface area contributed by atoms with Gasteiger partial charge in [-0.3, -0.25) is 33.2 Å². The van der Waals surface area contributed by atoms with Gasteiger partial charge in [0.1, 0.15) is 0 Å². The molecule has 45 heavy (non-hydrogen) atoms. The van der Waals surface area contributed by atoms with E-state index in [0.717, 1.165) is 39.5 Å². The van der Waals surface area contributed by atoms with Gasteiger partial charge in [0, 0.05) is 84.7 Å². The van der Waals surface area contributed by atoms with Crippen LogP contribution in [0.1, 0.15) is 26.5 Å². The first-order valence-electron chi connectivity index (χ1n) is 14.0. The smallest absolute Gasteiger partial charge is 0.0751 e. The van der Waals surface area contributed by atoms with Gasteiger partial charge in [0.05, 0.1) is 5.82 Å². The predicted octanol–water partition coefficient (Wildman–Crippen LogP) is 8.98. The van der Waals surface area contributed by atoms with Crippen LogP contribution in [0.4, 0.5) is 0 Å². The zero-order valence-electron chi connectivity index (χ0n) is 25.4. The Kier molecular flexibility index (Phi) is 13.1. The molecule has 5 aromatic carbocycles. The van der Waals surface area contributed by atoms with E-state index in [4.69, 9.17) is 0 Å². The van der Waals surface area contributed by atoms with Crippen LogP contribution in [-0.4, -0.2) is 23.4 Å². The van der Waals surface area contributed by atoms with Crippen LogP contribution >= 0.6 is 0 Å². The van der Waals surface area contributed by atoms with Crippen molar-refractivity contribution in [1.82, 2.24) is 15.0 Å². The van der Waals surface area contributed by atoms with E-state index in [0.29, 0.717) is 0 Å². The van der Waals surface area contributed by atoms with Gasteiger partial charge < -0.3 is 11.1 Å². The van der Waals surface area contributed by atoms with Gasteiger partial charge in [-0.2, -0.15) is 5.56 Å². The van der Waals surface area contributed by atoms with Crippen molar-refractivity contribution in [3.8, 4) is 33.8 Å². The Labute approximate surface area is 306 Å². The largest absolute Gasteiger partial charge is 0.352 e. The van der Waals surface area contributed by atoms with E-state index in [-0.39, 0.29) is 66.6 Å². The van der Waals surface area contributed by atoms with Crippen molar-refractivity contribution in [2.75, 3.05) is 0 Å². The van der Waals surface area contributed by atoms with Gasteiger partial charge in [-0.25, -0.2) is 6.07 Å². The van der Waals surface area contributed by atoms with Gasteiger partial charge >= 0.3 is 0 Å². The molecule has 6 heteroatoms. The number of benzene rings is 5. The van der Waals surface area contributed by atoms with Crippen LogP contribution in [0, 0.1) is 24.3 Å². The molecule has 2 heterocycles. The maximum Gasteiger partial charge on any atom is 0.0751 e. The third-order valence-electron chi connectivity index (χ3n) is 7.00. The predicted molar refractivity (Wildman–Crippen MR) is 177 cm³/mol. The molecule has 5 radical (unpaired) electrons. The monoisotopic (exact) mass is 832 g/mol. The van der Waals surface area contributed by atoms with E-state index in [2.05, 4.69) is 109 Å². The fourth-order valence-electron chi connectivity index (χ4n) is 4.77. The van der Waals surface area contributed by atoms with Crippen LogP contribution in [0.5, 0.6) is 0 Å². The number of hydrogen-bond donors (Lipinski definition) is 0. The minimum absolute atomic E-state index is 0. The van der Waals surface area contributed by atoms with Crippen molar-refractivity contribution in [3.05, 3.63) is 152 Å². The Morgan fingerprint density at radius 1 is 0.622 bits per heavy atom. The maximum atomic E-state index is 4.57. The molecule has 0 saturated heterocycles. The molecule has 0 amide bonds.